The molecule has 0 radical (unpaired) electrons. The van der Waals surface area contributed by atoms with Gasteiger partial charge in [-0.25, -0.2) is 8.42 Å². The number of benzene rings is 2. The van der Waals surface area contributed by atoms with Crippen molar-refractivity contribution in [3.8, 4) is 5.75 Å². The van der Waals surface area contributed by atoms with E-state index in [4.69, 9.17) is 22.1 Å². The van der Waals surface area contributed by atoms with Crippen molar-refractivity contribution in [1.29, 1.82) is 0 Å². The summed E-state index contributed by atoms with van der Waals surface area (Å²) in [4.78, 5) is 0.239. The van der Waals surface area contributed by atoms with E-state index in [1.54, 1.807) is 18.2 Å². The minimum Gasteiger partial charge on any atom is -0.492 e. The van der Waals surface area contributed by atoms with E-state index in [2.05, 4.69) is 0 Å². The molecule has 21 heavy (non-hydrogen) atoms. The molecule has 0 amide bonds. The second-order valence-corrected chi connectivity index (χ2v) is 6.98. The molecule has 0 fully saturated rings. The molecule has 2 aromatic rings. The van der Waals surface area contributed by atoms with Crippen LogP contribution in [0.25, 0.3) is 0 Å². The Morgan fingerprint density at radius 2 is 1.71 bits per heavy atom. The SMILES string of the molecule is NCc1ccccc1OCCS(=O)(=O)c1ccc(Cl)cc1. The zero-order valence-electron chi connectivity index (χ0n) is 11.3. The van der Waals surface area contributed by atoms with Crippen molar-refractivity contribution < 1.29 is 13.2 Å². The first-order chi connectivity index (χ1) is 10.0. The number of hydrogen-bond donors (Lipinski definition) is 1. The summed E-state index contributed by atoms with van der Waals surface area (Å²) in [6.45, 7) is 0.419. The zero-order chi connectivity index (χ0) is 15.3. The summed E-state index contributed by atoms with van der Waals surface area (Å²) in [6, 6.07) is 13.4. The molecule has 0 aliphatic carbocycles. The third-order valence-electron chi connectivity index (χ3n) is 2.97. The molecule has 0 aliphatic rings. The summed E-state index contributed by atoms with van der Waals surface area (Å²) in [6.07, 6.45) is 0. The first-order valence-corrected chi connectivity index (χ1v) is 8.45. The molecule has 2 N–H and O–H groups in total. The lowest BCUT2D eigenvalue weighted by atomic mass is 10.2. The normalized spacial score (nSPS) is 11.3. The highest BCUT2D eigenvalue weighted by molar-refractivity contribution is 7.91. The monoisotopic (exact) mass is 325 g/mol. The van der Waals surface area contributed by atoms with Crippen LogP contribution >= 0.6 is 11.6 Å². The molecule has 2 rings (SSSR count). The molecule has 112 valence electrons. The molecule has 0 bridgehead atoms. The summed E-state index contributed by atoms with van der Waals surface area (Å²) in [5.74, 6) is 0.513. The van der Waals surface area contributed by atoms with Crippen molar-refractivity contribution >= 4 is 21.4 Å². The quantitative estimate of drug-likeness (QED) is 0.886. The van der Waals surface area contributed by atoms with E-state index in [0.717, 1.165) is 5.56 Å². The Morgan fingerprint density at radius 1 is 1.05 bits per heavy atom. The fourth-order valence-electron chi connectivity index (χ4n) is 1.83. The fraction of sp³-hybridized carbons (Fsp3) is 0.200. The zero-order valence-corrected chi connectivity index (χ0v) is 12.9. The largest absolute Gasteiger partial charge is 0.492 e. The lowest BCUT2D eigenvalue weighted by Crippen LogP contribution is -2.15. The topological polar surface area (TPSA) is 69.4 Å². The maximum atomic E-state index is 12.1. The van der Waals surface area contributed by atoms with Crippen molar-refractivity contribution in [2.75, 3.05) is 12.4 Å². The number of nitrogens with two attached hydrogens (primary N) is 1. The van der Waals surface area contributed by atoms with Crippen molar-refractivity contribution in [1.82, 2.24) is 0 Å². The standard InChI is InChI=1S/C15H16ClNO3S/c16-13-5-7-14(8-6-13)21(18,19)10-9-20-15-4-2-1-3-12(15)11-17/h1-8H,9-11,17H2. The number of halogens is 1. The van der Waals surface area contributed by atoms with Gasteiger partial charge in [-0.3, -0.25) is 0 Å². The molecule has 0 atom stereocenters. The Morgan fingerprint density at radius 3 is 2.38 bits per heavy atom. The van der Waals surface area contributed by atoms with E-state index < -0.39 is 9.84 Å². The van der Waals surface area contributed by atoms with Crippen LogP contribution < -0.4 is 10.5 Å². The average molecular weight is 326 g/mol. The number of ether oxygens (including phenoxy) is 1. The molecular formula is C15H16ClNO3S. The average Bonchev–Trinajstić information content (AvgIpc) is 2.48. The van der Waals surface area contributed by atoms with Gasteiger partial charge in [0.05, 0.1) is 10.6 Å². The van der Waals surface area contributed by atoms with E-state index >= 15 is 0 Å². The number of sulfone groups is 1. The van der Waals surface area contributed by atoms with Crippen molar-refractivity contribution in [2.24, 2.45) is 5.73 Å². The van der Waals surface area contributed by atoms with Crippen molar-refractivity contribution in [3.63, 3.8) is 0 Å². The van der Waals surface area contributed by atoms with Gasteiger partial charge in [-0.2, -0.15) is 0 Å². The minimum atomic E-state index is -3.38. The Bertz CT molecular complexity index is 699. The van der Waals surface area contributed by atoms with Gasteiger partial charge in [0.15, 0.2) is 9.84 Å². The molecule has 0 aliphatic heterocycles. The fourth-order valence-corrected chi connectivity index (χ4v) is 3.05. The second kappa shape index (κ2) is 6.93. The molecule has 6 heteroatoms. The lowest BCUT2D eigenvalue weighted by molar-refractivity contribution is 0.337. The molecule has 0 aromatic heterocycles. The predicted octanol–water partition coefficient (Wildman–Crippen LogP) is 2.65. The van der Waals surface area contributed by atoms with Gasteiger partial charge in [0, 0.05) is 17.1 Å². The van der Waals surface area contributed by atoms with Crippen LogP contribution in [0.15, 0.2) is 53.4 Å². The van der Waals surface area contributed by atoms with Gasteiger partial charge in [0.1, 0.15) is 12.4 Å². The van der Waals surface area contributed by atoms with Gasteiger partial charge in [-0.1, -0.05) is 29.8 Å². The van der Waals surface area contributed by atoms with E-state index in [1.165, 1.54) is 12.1 Å². The number of rotatable bonds is 6. The third kappa shape index (κ3) is 4.20. The Kier molecular flexibility index (Phi) is 5.22. The highest BCUT2D eigenvalue weighted by atomic mass is 35.5. The van der Waals surface area contributed by atoms with Gasteiger partial charge in [-0.05, 0) is 30.3 Å². The van der Waals surface area contributed by atoms with Crippen LogP contribution in [0, 0.1) is 0 Å². The summed E-state index contributed by atoms with van der Waals surface area (Å²) in [7, 11) is -3.38. The molecule has 2 aromatic carbocycles. The van der Waals surface area contributed by atoms with Crippen LogP contribution in [0.5, 0.6) is 5.75 Å². The highest BCUT2D eigenvalue weighted by Crippen LogP contribution is 2.18. The van der Waals surface area contributed by atoms with E-state index in [0.29, 0.717) is 17.3 Å². The van der Waals surface area contributed by atoms with E-state index in [-0.39, 0.29) is 17.3 Å². The van der Waals surface area contributed by atoms with Crippen molar-refractivity contribution in [3.05, 3.63) is 59.1 Å². The maximum absolute atomic E-state index is 12.1. The Balaban J connectivity index is 2.01. The first-order valence-electron chi connectivity index (χ1n) is 6.42. The van der Waals surface area contributed by atoms with Gasteiger partial charge in [0.2, 0.25) is 0 Å². The van der Waals surface area contributed by atoms with Crippen LogP contribution in [-0.2, 0) is 16.4 Å². The minimum absolute atomic E-state index is 0.0714. The maximum Gasteiger partial charge on any atom is 0.181 e. The molecule has 4 nitrogen and oxygen atoms in total. The number of hydrogen-bond acceptors (Lipinski definition) is 4. The second-order valence-electron chi connectivity index (χ2n) is 4.43. The highest BCUT2D eigenvalue weighted by Gasteiger charge is 2.14. The molecule has 0 unspecified atom stereocenters. The van der Waals surface area contributed by atoms with Crippen LogP contribution in [0.2, 0.25) is 5.02 Å². The van der Waals surface area contributed by atoms with Crippen LogP contribution in [0.4, 0.5) is 0 Å². The summed E-state index contributed by atoms with van der Waals surface area (Å²) >= 11 is 5.75. The van der Waals surface area contributed by atoms with Gasteiger partial charge in [0.25, 0.3) is 0 Å². The van der Waals surface area contributed by atoms with Crippen LogP contribution in [0.1, 0.15) is 5.56 Å². The van der Waals surface area contributed by atoms with Gasteiger partial charge >= 0.3 is 0 Å². The molecule has 0 saturated carbocycles. The molecule has 0 spiro atoms. The summed E-state index contributed by atoms with van der Waals surface area (Å²) < 4.78 is 29.8. The lowest BCUT2D eigenvalue weighted by Gasteiger charge is -2.10. The number of para-hydroxylation sites is 1. The summed E-state index contributed by atoms with van der Waals surface area (Å²) in [5.41, 5.74) is 6.45. The van der Waals surface area contributed by atoms with Gasteiger partial charge < -0.3 is 10.5 Å². The molecular weight excluding hydrogens is 310 g/mol. The third-order valence-corrected chi connectivity index (χ3v) is 4.92. The van der Waals surface area contributed by atoms with Crippen LogP contribution in [0.3, 0.4) is 0 Å². The van der Waals surface area contributed by atoms with E-state index in [1.807, 2.05) is 18.2 Å². The Hall–Kier alpha value is -1.56. The predicted molar refractivity (Wildman–Crippen MR) is 83.3 cm³/mol. The smallest absolute Gasteiger partial charge is 0.181 e. The molecule has 0 saturated heterocycles. The van der Waals surface area contributed by atoms with Crippen LogP contribution in [-0.4, -0.2) is 20.8 Å². The van der Waals surface area contributed by atoms with E-state index in [9.17, 15) is 8.42 Å². The van der Waals surface area contributed by atoms with Gasteiger partial charge in [-0.15, -0.1) is 0 Å². The van der Waals surface area contributed by atoms with Crippen molar-refractivity contribution in [2.45, 2.75) is 11.4 Å². The summed E-state index contributed by atoms with van der Waals surface area (Å²) in [5, 5.41) is 0.502. The first kappa shape index (κ1) is 15.8. The molecule has 0 heterocycles. The Labute approximate surface area is 129 Å².